The molecule has 7 nitrogen and oxygen atoms in total. The van der Waals surface area contributed by atoms with Crippen molar-refractivity contribution in [3.63, 3.8) is 0 Å². The first-order valence-electron chi connectivity index (χ1n) is 9.40. The van der Waals surface area contributed by atoms with Crippen LogP contribution in [0.15, 0.2) is 18.3 Å². The molecule has 1 aliphatic heterocycles. The highest BCUT2D eigenvalue weighted by molar-refractivity contribution is 6.11. The summed E-state index contributed by atoms with van der Waals surface area (Å²) in [5.74, 6) is -0.236. The number of amides is 1. The van der Waals surface area contributed by atoms with E-state index in [4.69, 9.17) is 0 Å². The Morgan fingerprint density at radius 1 is 1.22 bits per heavy atom. The predicted octanol–water partition coefficient (Wildman–Crippen LogP) is 1.64. The summed E-state index contributed by atoms with van der Waals surface area (Å²) in [6, 6.07) is 3.96. The van der Waals surface area contributed by atoms with Crippen LogP contribution in [0.5, 0.6) is 0 Å². The highest BCUT2D eigenvalue weighted by Crippen LogP contribution is 2.45. The Balaban J connectivity index is 1.80. The molecule has 0 radical (unpaired) electrons. The van der Waals surface area contributed by atoms with Gasteiger partial charge in [0.1, 0.15) is 5.41 Å². The number of hydrogen-bond acceptors (Lipinski definition) is 4. The third kappa shape index (κ3) is 1.98. The molecule has 5 rings (SSSR count). The molecular formula is C20H22N4O3. The molecule has 1 aliphatic carbocycles. The summed E-state index contributed by atoms with van der Waals surface area (Å²) in [5, 5.41) is 28.4. The molecule has 4 N–H and O–H groups in total. The second-order valence-corrected chi connectivity index (χ2v) is 7.47. The molecule has 3 aromatic rings. The van der Waals surface area contributed by atoms with E-state index in [0.29, 0.717) is 12.1 Å². The second kappa shape index (κ2) is 5.68. The number of aromatic nitrogens is 3. The van der Waals surface area contributed by atoms with Gasteiger partial charge in [-0.2, -0.15) is 5.10 Å². The van der Waals surface area contributed by atoms with Crippen LogP contribution < -0.4 is 4.90 Å². The topological polar surface area (TPSA) is 105 Å². The van der Waals surface area contributed by atoms with Crippen molar-refractivity contribution in [2.24, 2.45) is 0 Å². The van der Waals surface area contributed by atoms with E-state index in [9.17, 15) is 15.0 Å². The molecule has 1 aromatic carbocycles. The van der Waals surface area contributed by atoms with Crippen molar-refractivity contribution in [2.45, 2.75) is 31.6 Å². The van der Waals surface area contributed by atoms with Gasteiger partial charge in [-0.1, -0.05) is 0 Å². The number of fused-ring (bicyclic) bond motifs is 6. The van der Waals surface area contributed by atoms with Crippen LogP contribution in [-0.4, -0.2) is 51.1 Å². The van der Waals surface area contributed by atoms with Gasteiger partial charge in [0.25, 0.3) is 0 Å². The van der Waals surface area contributed by atoms with Gasteiger partial charge in [-0.15, -0.1) is 0 Å². The van der Waals surface area contributed by atoms with E-state index >= 15 is 0 Å². The van der Waals surface area contributed by atoms with Crippen molar-refractivity contribution in [3.8, 4) is 11.4 Å². The first kappa shape index (κ1) is 16.5. The van der Waals surface area contributed by atoms with Gasteiger partial charge >= 0.3 is 0 Å². The van der Waals surface area contributed by atoms with Crippen LogP contribution in [0.25, 0.3) is 22.3 Å². The van der Waals surface area contributed by atoms with Gasteiger partial charge in [-0.3, -0.25) is 9.89 Å². The van der Waals surface area contributed by atoms with Crippen molar-refractivity contribution in [3.05, 3.63) is 35.0 Å². The molecule has 2 aliphatic rings. The van der Waals surface area contributed by atoms with Crippen LogP contribution in [0.4, 0.5) is 5.69 Å². The SMILES string of the molecule is CCN1C(=O)C(CO)(CO)c2cc3[nH]c4c(c3cc21)CCCc1cn[nH]c1-4. The van der Waals surface area contributed by atoms with Crippen LogP contribution in [0.1, 0.15) is 30.0 Å². The Bertz CT molecular complexity index is 1060. The molecule has 140 valence electrons. The highest BCUT2D eigenvalue weighted by Gasteiger charge is 2.50. The maximum absolute atomic E-state index is 12.9. The number of aryl methyl sites for hydroxylation is 2. The summed E-state index contributed by atoms with van der Waals surface area (Å²) in [4.78, 5) is 18.1. The molecular weight excluding hydrogens is 344 g/mol. The van der Waals surface area contributed by atoms with Crippen molar-refractivity contribution in [1.82, 2.24) is 15.2 Å². The van der Waals surface area contributed by atoms with Gasteiger partial charge in [0.2, 0.25) is 5.91 Å². The third-order valence-corrected chi connectivity index (χ3v) is 6.18. The number of H-pyrrole nitrogens is 2. The zero-order chi connectivity index (χ0) is 18.8. The minimum Gasteiger partial charge on any atom is -0.395 e. The van der Waals surface area contributed by atoms with Crippen LogP contribution >= 0.6 is 0 Å². The molecule has 0 fully saturated rings. The molecule has 2 aromatic heterocycles. The van der Waals surface area contributed by atoms with Gasteiger partial charge in [0, 0.05) is 23.1 Å². The minimum atomic E-state index is -1.28. The molecule has 0 unspecified atom stereocenters. The van der Waals surface area contributed by atoms with Crippen LogP contribution in [0, 0.1) is 0 Å². The lowest BCUT2D eigenvalue weighted by Gasteiger charge is -2.23. The fourth-order valence-electron chi connectivity index (χ4n) is 4.69. The summed E-state index contributed by atoms with van der Waals surface area (Å²) in [6.45, 7) is 1.58. The highest BCUT2D eigenvalue weighted by atomic mass is 16.3. The maximum atomic E-state index is 12.9. The first-order chi connectivity index (χ1) is 13.1. The maximum Gasteiger partial charge on any atom is 0.242 e. The number of carbonyl (C=O) groups excluding carboxylic acids is 1. The van der Waals surface area contributed by atoms with Gasteiger partial charge in [0.15, 0.2) is 0 Å². The Kier molecular flexibility index (Phi) is 3.47. The van der Waals surface area contributed by atoms with E-state index in [1.54, 1.807) is 4.90 Å². The van der Waals surface area contributed by atoms with E-state index in [1.165, 1.54) is 11.1 Å². The lowest BCUT2D eigenvalue weighted by molar-refractivity contribution is -0.126. The summed E-state index contributed by atoms with van der Waals surface area (Å²) < 4.78 is 0. The smallest absolute Gasteiger partial charge is 0.242 e. The largest absolute Gasteiger partial charge is 0.395 e. The summed E-state index contributed by atoms with van der Waals surface area (Å²) in [6.07, 6.45) is 4.85. The molecule has 1 amide bonds. The zero-order valence-electron chi connectivity index (χ0n) is 15.2. The quantitative estimate of drug-likeness (QED) is 0.565. The van der Waals surface area contributed by atoms with Crippen LogP contribution in [-0.2, 0) is 23.1 Å². The molecule has 0 saturated heterocycles. The number of nitrogens with zero attached hydrogens (tertiary/aromatic N) is 2. The lowest BCUT2D eigenvalue weighted by Crippen LogP contribution is -2.45. The average Bonchev–Trinajstić information content (AvgIpc) is 3.31. The molecule has 0 atom stereocenters. The van der Waals surface area contributed by atoms with Crippen molar-refractivity contribution >= 4 is 22.5 Å². The Labute approximate surface area is 156 Å². The molecule has 3 heterocycles. The molecule has 0 spiro atoms. The number of anilines is 1. The van der Waals surface area contributed by atoms with Crippen LogP contribution in [0.2, 0.25) is 0 Å². The fraction of sp³-hybridized carbons (Fsp3) is 0.400. The van der Waals surface area contributed by atoms with E-state index in [0.717, 1.165) is 47.2 Å². The van der Waals surface area contributed by atoms with Crippen molar-refractivity contribution in [2.75, 3.05) is 24.7 Å². The van der Waals surface area contributed by atoms with Crippen molar-refractivity contribution in [1.29, 1.82) is 0 Å². The standard InChI is InChI=1S/C20H22N4O3/c1-2-24-16-6-13-12-5-3-4-11-8-21-23-17(11)18(12)22-15(13)7-14(16)20(9-25,10-26)19(24)27/h6-8,22,25-26H,2-5,9-10H2,1H3,(H,21,23). The van der Waals surface area contributed by atoms with Gasteiger partial charge in [-0.25, -0.2) is 0 Å². The van der Waals surface area contributed by atoms with Gasteiger partial charge < -0.3 is 20.1 Å². The van der Waals surface area contributed by atoms with E-state index in [2.05, 4.69) is 15.2 Å². The third-order valence-electron chi connectivity index (χ3n) is 6.18. The number of aliphatic hydroxyl groups is 2. The average molecular weight is 366 g/mol. The first-order valence-corrected chi connectivity index (χ1v) is 9.40. The van der Waals surface area contributed by atoms with Gasteiger partial charge in [0.05, 0.1) is 30.8 Å². The van der Waals surface area contributed by atoms with Gasteiger partial charge in [-0.05, 0) is 55.0 Å². The number of aliphatic hydroxyl groups excluding tert-OH is 2. The zero-order valence-corrected chi connectivity index (χ0v) is 15.2. The monoisotopic (exact) mass is 366 g/mol. The number of aromatic amines is 2. The molecule has 27 heavy (non-hydrogen) atoms. The van der Waals surface area contributed by atoms with Crippen molar-refractivity contribution < 1.29 is 15.0 Å². The number of hydrogen-bond donors (Lipinski definition) is 4. The number of carbonyl (C=O) groups is 1. The number of rotatable bonds is 3. The predicted molar refractivity (Wildman–Crippen MR) is 102 cm³/mol. The number of likely N-dealkylation sites (N-methyl/N-ethyl adjacent to an activating group) is 1. The lowest BCUT2D eigenvalue weighted by atomic mass is 9.83. The minimum absolute atomic E-state index is 0.236. The number of nitrogens with one attached hydrogen (secondary N) is 2. The number of benzene rings is 1. The molecule has 0 saturated carbocycles. The Morgan fingerprint density at radius 2 is 2.04 bits per heavy atom. The fourth-order valence-corrected chi connectivity index (χ4v) is 4.69. The normalized spacial score (nSPS) is 17.7. The van der Waals surface area contributed by atoms with E-state index in [-0.39, 0.29) is 5.91 Å². The van der Waals surface area contributed by atoms with E-state index in [1.807, 2.05) is 25.3 Å². The summed E-state index contributed by atoms with van der Waals surface area (Å²) in [7, 11) is 0. The second-order valence-electron chi connectivity index (χ2n) is 7.47. The van der Waals surface area contributed by atoms with Crippen LogP contribution in [0.3, 0.4) is 0 Å². The van der Waals surface area contributed by atoms with E-state index < -0.39 is 18.6 Å². The Hall–Kier alpha value is -2.64. The Morgan fingerprint density at radius 3 is 2.78 bits per heavy atom. The molecule has 0 bridgehead atoms. The molecule has 7 heteroatoms. The summed E-state index contributed by atoms with van der Waals surface area (Å²) in [5.41, 5.74) is 5.62. The summed E-state index contributed by atoms with van der Waals surface area (Å²) >= 11 is 0.